The molecule has 1 aliphatic heterocycles. The van der Waals surface area contributed by atoms with E-state index in [9.17, 15) is 9.59 Å². The highest BCUT2D eigenvalue weighted by molar-refractivity contribution is 7.13. The molecule has 0 bridgehead atoms. The SMILES string of the molecule is COC(=O)N1CCC(NC(=O)c2csc(-c3ccc(OC(C)C)cc3)n2)CC1. The van der Waals surface area contributed by atoms with Crippen LogP contribution >= 0.6 is 11.3 Å². The minimum Gasteiger partial charge on any atom is -0.491 e. The Labute approximate surface area is 168 Å². The van der Waals surface area contributed by atoms with Gasteiger partial charge in [-0.25, -0.2) is 9.78 Å². The molecule has 0 atom stereocenters. The summed E-state index contributed by atoms with van der Waals surface area (Å²) < 4.78 is 10.4. The lowest BCUT2D eigenvalue weighted by Gasteiger charge is -2.31. The van der Waals surface area contributed by atoms with E-state index in [-0.39, 0.29) is 24.1 Å². The molecule has 3 rings (SSSR count). The first-order valence-electron chi connectivity index (χ1n) is 9.32. The number of hydrogen-bond acceptors (Lipinski definition) is 6. The number of rotatable bonds is 5. The summed E-state index contributed by atoms with van der Waals surface area (Å²) in [4.78, 5) is 30.2. The van der Waals surface area contributed by atoms with Crippen molar-refractivity contribution >= 4 is 23.3 Å². The molecule has 2 aromatic rings. The molecule has 0 aliphatic carbocycles. The zero-order chi connectivity index (χ0) is 20.1. The summed E-state index contributed by atoms with van der Waals surface area (Å²) in [5.74, 6) is 0.630. The van der Waals surface area contributed by atoms with Crippen molar-refractivity contribution in [3.63, 3.8) is 0 Å². The van der Waals surface area contributed by atoms with Crippen molar-refractivity contribution < 1.29 is 19.1 Å². The Hall–Kier alpha value is -2.61. The average molecular weight is 404 g/mol. The number of likely N-dealkylation sites (tertiary alicyclic amines) is 1. The first kappa shape index (κ1) is 20.1. The molecular formula is C20H25N3O4S. The molecule has 8 heteroatoms. The number of piperidine rings is 1. The van der Waals surface area contributed by atoms with Gasteiger partial charge in [-0.05, 0) is 51.0 Å². The van der Waals surface area contributed by atoms with Gasteiger partial charge < -0.3 is 19.7 Å². The number of carbonyl (C=O) groups excluding carboxylic acids is 2. The molecule has 28 heavy (non-hydrogen) atoms. The highest BCUT2D eigenvalue weighted by Crippen LogP contribution is 2.26. The van der Waals surface area contributed by atoms with E-state index in [0.29, 0.717) is 31.6 Å². The molecule has 7 nitrogen and oxygen atoms in total. The van der Waals surface area contributed by atoms with Gasteiger partial charge in [-0.2, -0.15) is 0 Å². The standard InChI is InChI=1S/C20H25N3O4S/c1-13(2)27-16-6-4-14(5-7-16)19-22-17(12-28-19)18(24)21-15-8-10-23(11-9-15)20(25)26-3/h4-7,12-13,15H,8-11H2,1-3H3,(H,21,24). The summed E-state index contributed by atoms with van der Waals surface area (Å²) in [6.45, 7) is 5.12. The summed E-state index contributed by atoms with van der Waals surface area (Å²) in [6, 6.07) is 7.74. The third kappa shape index (κ3) is 5.01. The van der Waals surface area contributed by atoms with Crippen LogP contribution in [0.4, 0.5) is 4.79 Å². The van der Waals surface area contributed by atoms with Crippen LogP contribution in [-0.4, -0.2) is 54.2 Å². The summed E-state index contributed by atoms with van der Waals surface area (Å²) in [5, 5.41) is 5.58. The highest BCUT2D eigenvalue weighted by atomic mass is 32.1. The average Bonchev–Trinajstić information content (AvgIpc) is 3.18. The maximum Gasteiger partial charge on any atom is 0.409 e. The number of amides is 2. The zero-order valence-corrected chi connectivity index (χ0v) is 17.1. The minimum absolute atomic E-state index is 0.0334. The van der Waals surface area contributed by atoms with E-state index in [1.54, 1.807) is 10.3 Å². The summed E-state index contributed by atoms with van der Waals surface area (Å²) in [6.07, 6.45) is 1.21. The van der Waals surface area contributed by atoms with Gasteiger partial charge in [-0.3, -0.25) is 4.79 Å². The molecule has 0 unspecified atom stereocenters. The van der Waals surface area contributed by atoms with E-state index in [2.05, 4.69) is 10.3 Å². The molecule has 2 heterocycles. The quantitative estimate of drug-likeness (QED) is 0.826. The minimum atomic E-state index is -0.321. The predicted molar refractivity (Wildman–Crippen MR) is 108 cm³/mol. The molecule has 1 aromatic carbocycles. The van der Waals surface area contributed by atoms with E-state index in [1.165, 1.54) is 18.4 Å². The maximum atomic E-state index is 12.5. The maximum absolute atomic E-state index is 12.5. The molecule has 0 saturated carbocycles. The number of hydrogen-bond donors (Lipinski definition) is 1. The molecule has 1 aliphatic rings. The molecule has 2 amide bonds. The van der Waals surface area contributed by atoms with Crippen molar-refractivity contribution in [1.29, 1.82) is 0 Å². The Balaban J connectivity index is 1.56. The van der Waals surface area contributed by atoms with Crippen LogP contribution in [0.1, 0.15) is 37.2 Å². The van der Waals surface area contributed by atoms with Crippen LogP contribution in [0, 0.1) is 0 Å². The van der Waals surface area contributed by atoms with Gasteiger partial charge in [0.05, 0.1) is 13.2 Å². The molecule has 0 radical (unpaired) electrons. The van der Waals surface area contributed by atoms with Crippen molar-refractivity contribution in [1.82, 2.24) is 15.2 Å². The van der Waals surface area contributed by atoms with Crippen LogP contribution in [0.25, 0.3) is 10.6 Å². The van der Waals surface area contributed by atoms with E-state index < -0.39 is 0 Å². The molecule has 150 valence electrons. The van der Waals surface area contributed by atoms with Crippen LogP contribution < -0.4 is 10.1 Å². The molecule has 0 spiro atoms. The van der Waals surface area contributed by atoms with Gasteiger partial charge in [-0.15, -0.1) is 11.3 Å². The van der Waals surface area contributed by atoms with Gasteiger partial charge in [-0.1, -0.05) is 0 Å². The topological polar surface area (TPSA) is 80.8 Å². The second kappa shape index (κ2) is 9.05. The largest absolute Gasteiger partial charge is 0.491 e. The fourth-order valence-electron chi connectivity index (χ4n) is 3.05. The Morgan fingerprint density at radius 3 is 2.50 bits per heavy atom. The summed E-state index contributed by atoms with van der Waals surface area (Å²) >= 11 is 1.44. The number of ether oxygens (including phenoxy) is 2. The van der Waals surface area contributed by atoms with Crippen molar-refractivity contribution in [3.8, 4) is 16.3 Å². The summed E-state index contributed by atoms with van der Waals surface area (Å²) in [7, 11) is 1.38. The monoisotopic (exact) mass is 403 g/mol. The Morgan fingerprint density at radius 2 is 1.89 bits per heavy atom. The molecule has 1 aromatic heterocycles. The van der Waals surface area contributed by atoms with Crippen LogP contribution in [0.5, 0.6) is 5.75 Å². The normalized spacial score (nSPS) is 14.8. The third-order valence-corrected chi connectivity index (χ3v) is 5.36. The molecule has 1 fully saturated rings. The second-order valence-electron chi connectivity index (χ2n) is 6.93. The third-order valence-electron chi connectivity index (χ3n) is 4.47. The number of nitrogens with zero attached hydrogens (tertiary/aromatic N) is 2. The zero-order valence-electron chi connectivity index (χ0n) is 16.3. The lowest BCUT2D eigenvalue weighted by molar-refractivity contribution is 0.0888. The smallest absolute Gasteiger partial charge is 0.409 e. The fourth-order valence-corrected chi connectivity index (χ4v) is 3.86. The lowest BCUT2D eigenvalue weighted by atomic mass is 10.1. The van der Waals surface area contributed by atoms with Gasteiger partial charge in [0.15, 0.2) is 0 Å². The van der Waals surface area contributed by atoms with Crippen LogP contribution in [-0.2, 0) is 4.74 Å². The van der Waals surface area contributed by atoms with Crippen molar-refractivity contribution in [2.24, 2.45) is 0 Å². The first-order chi connectivity index (χ1) is 13.5. The lowest BCUT2D eigenvalue weighted by Crippen LogP contribution is -2.46. The molecule has 1 saturated heterocycles. The van der Waals surface area contributed by atoms with E-state index in [4.69, 9.17) is 9.47 Å². The highest BCUT2D eigenvalue weighted by Gasteiger charge is 2.25. The molecule has 1 N–H and O–H groups in total. The summed E-state index contributed by atoms with van der Waals surface area (Å²) in [5.41, 5.74) is 1.37. The van der Waals surface area contributed by atoms with Gasteiger partial charge in [0, 0.05) is 30.1 Å². The predicted octanol–water partition coefficient (Wildman–Crippen LogP) is 3.56. The Kier molecular flexibility index (Phi) is 6.51. The van der Waals surface area contributed by atoms with Gasteiger partial charge >= 0.3 is 6.09 Å². The molecular weight excluding hydrogens is 378 g/mol. The fraction of sp³-hybridized carbons (Fsp3) is 0.450. The van der Waals surface area contributed by atoms with Crippen molar-refractivity contribution in [2.45, 2.75) is 38.8 Å². The number of thiazole rings is 1. The second-order valence-corrected chi connectivity index (χ2v) is 7.79. The number of nitrogens with one attached hydrogen (secondary N) is 1. The van der Waals surface area contributed by atoms with Crippen LogP contribution in [0.2, 0.25) is 0 Å². The van der Waals surface area contributed by atoms with Gasteiger partial charge in [0.1, 0.15) is 16.5 Å². The Morgan fingerprint density at radius 1 is 1.21 bits per heavy atom. The number of aromatic nitrogens is 1. The number of benzene rings is 1. The van der Waals surface area contributed by atoms with Crippen LogP contribution in [0.15, 0.2) is 29.6 Å². The Bertz CT molecular complexity index is 811. The number of methoxy groups -OCH3 is 1. The van der Waals surface area contributed by atoms with Gasteiger partial charge in [0.2, 0.25) is 0 Å². The number of carbonyl (C=O) groups is 2. The van der Waals surface area contributed by atoms with E-state index in [1.807, 2.05) is 38.1 Å². The van der Waals surface area contributed by atoms with Crippen LogP contribution in [0.3, 0.4) is 0 Å². The van der Waals surface area contributed by atoms with E-state index >= 15 is 0 Å². The van der Waals surface area contributed by atoms with Crippen molar-refractivity contribution in [3.05, 3.63) is 35.3 Å². The van der Waals surface area contributed by atoms with Crippen molar-refractivity contribution in [2.75, 3.05) is 20.2 Å². The first-order valence-corrected chi connectivity index (χ1v) is 10.2. The van der Waals surface area contributed by atoms with Gasteiger partial charge in [0.25, 0.3) is 5.91 Å². The van der Waals surface area contributed by atoms with E-state index in [0.717, 1.165) is 16.3 Å².